The second-order valence-corrected chi connectivity index (χ2v) is 7.01. The molecule has 1 rings (SSSR count). The van der Waals surface area contributed by atoms with E-state index >= 15 is 0 Å². The normalized spacial score (nSPS) is 20.1. The van der Waals surface area contributed by atoms with Crippen molar-refractivity contribution in [2.24, 2.45) is 0 Å². The molecule has 0 aromatic carbocycles. The van der Waals surface area contributed by atoms with E-state index in [1.54, 1.807) is 11.8 Å². The van der Waals surface area contributed by atoms with Crippen LogP contribution in [0.3, 0.4) is 0 Å². The second kappa shape index (κ2) is 9.54. The first kappa shape index (κ1) is 19.5. The average Bonchev–Trinajstić information content (AvgIpc) is 2.89. The van der Waals surface area contributed by atoms with Gasteiger partial charge < -0.3 is 10.4 Å². The van der Waals surface area contributed by atoms with Crippen molar-refractivity contribution in [1.82, 2.24) is 10.2 Å². The zero-order valence-corrected chi connectivity index (χ0v) is 14.4. The fraction of sp³-hybridized carbons (Fsp3) is 0.733. The van der Waals surface area contributed by atoms with Crippen LogP contribution in [0, 0.1) is 0 Å². The third kappa shape index (κ3) is 7.02. The van der Waals surface area contributed by atoms with Crippen LogP contribution >= 0.6 is 11.8 Å². The number of aliphatic carboxylic acids is 1. The molecule has 8 heteroatoms. The van der Waals surface area contributed by atoms with Gasteiger partial charge in [-0.3, -0.25) is 24.1 Å². The van der Waals surface area contributed by atoms with Crippen molar-refractivity contribution in [2.75, 3.05) is 12.3 Å². The smallest absolute Gasteiger partial charge is 0.303 e. The van der Waals surface area contributed by atoms with E-state index in [2.05, 4.69) is 5.32 Å². The number of thioether (sulfide) groups is 1. The van der Waals surface area contributed by atoms with Gasteiger partial charge in [-0.1, -0.05) is 6.42 Å². The largest absolute Gasteiger partial charge is 0.481 e. The zero-order valence-electron chi connectivity index (χ0n) is 13.5. The van der Waals surface area contributed by atoms with Gasteiger partial charge in [0.15, 0.2) is 0 Å². The van der Waals surface area contributed by atoms with E-state index in [0.29, 0.717) is 17.4 Å². The standard InChI is InChI=1S/C15H24N2O5S/c1-10(18)16-8-14(20)17(11(2)19)12-7-13(23-9-12)5-3-4-6-15(21)22/h12-13H,3-9H2,1-2H3,(H,16,18)(H,21,22)/t12-,13+/m1/s1. The van der Waals surface area contributed by atoms with E-state index in [1.165, 1.54) is 18.7 Å². The number of rotatable bonds is 8. The molecule has 23 heavy (non-hydrogen) atoms. The first-order chi connectivity index (χ1) is 10.8. The topological polar surface area (TPSA) is 104 Å². The molecule has 0 radical (unpaired) electrons. The molecule has 130 valence electrons. The van der Waals surface area contributed by atoms with Gasteiger partial charge in [0, 0.05) is 37.3 Å². The highest BCUT2D eigenvalue weighted by Crippen LogP contribution is 2.33. The number of nitrogens with one attached hydrogen (secondary N) is 1. The van der Waals surface area contributed by atoms with E-state index in [4.69, 9.17) is 5.11 Å². The van der Waals surface area contributed by atoms with Crippen LogP contribution in [0.1, 0.15) is 46.0 Å². The van der Waals surface area contributed by atoms with Crippen molar-refractivity contribution in [2.45, 2.75) is 57.2 Å². The predicted octanol–water partition coefficient (Wildman–Crippen LogP) is 1.02. The molecule has 1 aliphatic rings. The molecule has 1 heterocycles. The number of amides is 3. The van der Waals surface area contributed by atoms with Gasteiger partial charge in [0.25, 0.3) is 0 Å². The van der Waals surface area contributed by atoms with Crippen molar-refractivity contribution in [3.63, 3.8) is 0 Å². The summed E-state index contributed by atoms with van der Waals surface area (Å²) in [4.78, 5) is 46.5. The third-order valence-corrected chi connectivity index (χ3v) is 5.16. The summed E-state index contributed by atoms with van der Waals surface area (Å²) in [5.41, 5.74) is 0. The Balaban J connectivity index is 2.46. The Morgan fingerprint density at radius 1 is 1.22 bits per heavy atom. The molecule has 1 aliphatic heterocycles. The van der Waals surface area contributed by atoms with E-state index < -0.39 is 5.97 Å². The van der Waals surface area contributed by atoms with Crippen molar-refractivity contribution in [1.29, 1.82) is 0 Å². The minimum absolute atomic E-state index is 0.150. The van der Waals surface area contributed by atoms with Gasteiger partial charge >= 0.3 is 5.97 Å². The highest BCUT2D eigenvalue weighted by atomic mass is 32.2. The molecule has 0 aliphatic carbocycles. The number of unbranched alkanes of at least 4 members (excludes halogenated alkanes) is 1. The summed E-state index contributed by atoms with van der Waals surface area (Å²) in [6, 6.07) is -0.150. The number of imide groups is 1. The molecule has 0 aromatic rings. The molecular formula is C15H24N2O5S. The molecule has 3 amide bonds. The lowest BCUT2D eigenvalue weighted by molar-refractivity contribution is -0.146. The third-order valence-electron chi connectivity index (χ3n) is 3.69. The summed E-state index contributed by atoms with van der Waals surface area (Å²) < 4.78 is 0. The van der Waals surface area contributed by atoms with Gasteiger partial charge in [0.05, 0.1) is 6.54 Å². The van der Waals surface area contributed by atoms with Gasteiger partial charge in [-0.25, -0.2) is 0 Å². The number of nitrogens with zero attached hydrogens (tertiary/aromatic N) is 1. The van der Waals surface area contributed by atoms with E-state index in [1.807, 2.05) is 0 Å². The van der Waals surface area contributed by atoms with Gasteiger partial charge in [-0.2, -0.15) is 11.8 Å². The van der Waals surface area contributed by atoms with Crippen molar-refractivity contribution >= 4 is 35.5 Å². The molecule has 2 N–H and O–H groups in total. The first-order valence-electron chi connectivity index (χ1n) is 7.71. The zero-order chi connectivity index (χ0) is 17.4. The molecule has 1 fully saturated rings. The van der Waals surface area contributed by atoms with Crippen LogP contribution in [0.15, 0.2) is 0 Å². The summed E-state index contributed by atoms with van der Waals surface area (Å²) >= 11 is 1.72. The van der Waals surface area contributed by atoms with E-state index in [0.717, 1.165) is 19.3 Å². The quantitative estimate of drug-likeness (QED) is 0.637. The van der Waals surface area contributed by atoms with Gasteiger partial charge in [-0.05, 0) is 19.3 Å². The molecule has 1 saturated heterocycles. The monoisotopic (exact) mass is 344 g/mol. The van der Waals surface area contributed by atoms with Crippen LogP contribution in [-0.2, 0) is 19.2 Å². The Morgan fingerprint density at radius 2 is 1.91 bits per heavy atom. The summed E-state index contributed by atoms with van der Waals surface area (Å²) in [6.45, 7) is 2.51. The predicted molar refractivity (Wildman–Crippen MR) is 87.0 cm³/mol. The van der Waals surface area contributed by atoms with Crippen LogP contribution in [0.2, 0.25) is 0 Å². The van der Waals surface area contributed by atoms with Gasteiger partial charge in [-0.15, -0.1) is 0 Å². The summed E-state index contributed by atoms with van der Waals surface area (Å²) in [5, 5.41) is 11.4. The molecule has 2 atom stereocenters. The Kier molecular flexibility index (Phi) is 8.08. The molecule has 0 aromatic heterocycles. The lowest BCUT2D eigenvalue weighted by Crippen LogP contribution is -2.48. The molecule has 0 spiro atoms. The number of carbonyl (C=O) groups excluding carboxylic acids is 3. The Morgan fingerprint density at radius 3 is 2.48 bits per heavy atom. The van der Waals surface area contributed by atoms with Crippen LogP contribution < -0.4 is 5.32 Å². The summed E-state index contributed by atoms with van der Waals surface area (Å²) in [5.74, 6) is -1.09. The molecule has 7 nitrogen and oxygen atoms in total. The maximum absolute atomic E-state index is 12.1. The van der Waals surface area contributed by atoms with Crippen LogP contribution in [0.5, 0.6) is 0 Å². The number of hydrogen-bond donors (Lipinski definition) is 2. The number of carboxylic acid groups (broad SMARTS) is 1. The maximum Gasteiger partial charge on any atom is 0.303 e. The Labute approximate surface area is 140 Å². The fourth-order valence-electron chi connectivity index (χ4n) is 2.64. The van der Waals surface area contributed by atoms with Crippen LogP contribution in [0.25, 0.3) is 0 Å². The SMILES string of the molecule is CC(=O)NCC(=O)N(C(C)=O)[C@H]1CS[C@@H](CCCCC(=O)O)C1. The maximum atomic E-state index is 12.1. The number of carbonyl (C=O) groups is 4. The van der Waals surface area contributed by atoms with Crippen molar-refractivity contribution in [3.05, 3.63) is 0 Å². The Hall–Kier alpha value is -1.57. The fourth-order valence-corrected chi connectivity index (χ4v) is 4.11. The molecule has 0 bridgehead atoms. The summed E-state index contributed by atoms with van der Waals surface area (Å²) in [7, 11) is 0. The van der Waals surface area contributed by atoms with Gasteiger partial charge in [0.1, 0.15) is 0 Å². The van der Waals surface area contributed by atoms with Crippen LogP contribution in [-0.4, -0.2) is 57.3 Å². The minimum Gasteiger partial charge on any atom is -0.481 e. The Bertz CT molecular complexity index is 469. The minimum atomic E-state index is -0.784. The highest BCUT2D eigenvalue weighted by molar-refractivity contribution is 8.00. The highest BCUT2D eigenvalue weighted by Gasteiger charge is 2.34. The summed E-state index contributed by atoms with van der Waals surface area (Å²) in [6.07, 6.45) is 3.27. The average molecular weight is 344 g/mol. The first-order valence-corrected chi connectivity index (χ1v) is 8.76. The lowest BCUT2D eigenvalue weighted by Gasteiger charge is -2.25. The number of carboxylic acids is 1. The van der Waals surface area contributed by atoms with Crippen molar-refractivity contribution < 1.29 is 24.3 Å². The lowest BCUT2D eigenvalue weighted by atomic mass is 10.1. The molecule has 0 saturated carbocycles. The molecular weight excluding hydrogens is 320 g/mol. The van der Waals surface area contributed by atoms with E-state index in [9.17, 15) is 19.2 Å². The van der Waals surface area contributed by atoms with Crippen LogP contribution in [0.4, 0.5) is 0 Å². The molecule has 0 unspecified atom stereocenters. The van der Waals surface area contributed by atoms with E-state index in [-0.39, 0.29) is 36.7 Å². The number of hydrogen-bond acceptors (Lipinski definition) is 5. The van der Waals surface area contributed by atoms with Gasteiger partial charge in [0.2, 0.25) is 17.7 Å². The van der Waals surface area contributed by atoms with Crippen molar-refractivity contribution in [3.8, 4) is 0 Å². The second-order valence-electron chi connectivity index (χ2n) is 5.68.